The van der Waals surface area contributed by atoms with Crippen LogP contribution in [-0.2, 0) is 11.2 Å². The van der Waals surface area contributed by atoms with E-state index < -0.39 is 0 Å². The fraction of sp³-hybridized carbons (Fsp3) is 0.304. The van der Waals surface area contributed by atoms with Crippen LogP contribution in [0.15, 0.2) is 42.0 Å². The van der Waals surface area contributed by atoms with Gasteiger partial charge >= 0.3 is 0 Å². The predicted octanol–water partition coefficient (Wildman–Crippen LogP) is 3.33. The molecule has 0 atom stereocenters. The number of hydrogen-bond acceptors (Lipinski definition) is 4. The van der Waals surface area contributed by atoms with Gasteiger partial charge in [-0.15, -0.1) is 0 Å². The van der Waals surface area contributed by atoms with Crippen molar-refractivity contribution in [1.29, 1.82) is 0 Å². The van der Waals surface area contributed by atoms with E-state index in [-0.39, 0.29) is 23.3 Å². The van der Waals surface area contributed by atoms with Crippen molar-refractivity contribution in [3.8, 4) is 5.75 Å². The average Bonchev–Trinajstić information content (AvgIpc) is 3.16. The molecule has 0 spiro atoms. The zero-order valence-corrected chi connectivity index (χ0v) is 16.6. The van der Waals surface area contributed by atoms with Crippen LogP contribution in [0.5, 0.6) is 5.75 Å². The number of benzene rings is 2. The van der Waals surface area contributed by atoms with E-state index in [1.54, 1.807) is 13.0 Å². The first-order valence-electron chi connectivity index (χ1n) is 9.68. The lowest BCUT2D eigenvalue weighted by Gasteiger charge is -2.36. The molecular formula is C23H23FN2O3. The van der Waals surface area contributed by atoms with Crippen molar-refractivity contribution in [1.82, 2.24) is 4.90 Å². The molecule has 29 heavy (non-hydrogen) atoms. The molecule has 150 valence electrons. The molecule has 0 N–H and O–H groups in total. The summed E-state index contributed by atoms with van der Waals surface area (Å²) in [5.74, 6) is -0.108. The maximum atomic E-state index is 14.0. The smallest absolute Gasteiger partial charge is 0.250 e. The summed E-state index contributed by atoms with van der Waals surface area (Å²) < 4.78 is 18.9. The van der Waals surface area contributed by atoms with Gasteiger partial charge < -0.3 is 14.5 Å². The van der Waals surface area contributed by atoms with E-state index in [1.807, 2.05) is 35.2 Å². The van der Waals surface area contributed by atoms with E-state index in [1.165, 1.54) is 13.2 Å². The van der Waals surface area contributed by atoms with Crippen LogP contribution in [0.25, 0.3) is 6.08 Å². The van der Waals surface area contributed by atoms with E-state index in [9.17, 15) is 14.0 Å². The van der Waals surface area contributed by atoms with Crippen LogP contribution in [0, 0.1) is 5.82 Å². The minimum absolute atomic E-state index is 0.0204. The molecule has 0 unspecified atom stereocenters. The van der Waals surface area contributed by atoms with Crippen LogP contribution in [-0.4, -0.2) is 49.9 Å². The number of carbonyl (C=O) groups is 2. The second-order valence-corrected chi connectivity index (χ2v) is 7.41. The Kier molecular flexibility index (Phi) is 5.09. The summed E-state index contributed by atoms with van der Waals surface area (Å²) in [6, 6.07) is 10.5. The van der Waals surface area contributed by atoms with Crippen LogP contribution in [0.3, 0.4) is 0 Å². The summed E-state index contributed by atoms with van der Waals surface area (Å²) in [5, 5.41) is 0. The van der Waals surface area contributed by atoms with Crippen LogP contribution in [0.2, 0.25) is 0 Å². The quantitative estimate of drug-likeness (QED) is 0.747. The number of anilines is 1. The molecule has 1 aliphatic carbocycles. The van der Waals surface area contributed by atoms with Crippen LogP contribution < -0.4 is 9.64 Å². The molecule has 2 aromatic rings. The van der Waals surface area contributed by atoms with Crippen molar-refractivity contribution < 1.29 is 18.7 Å². The maximum absolute atomic E-state index is 14.0. The third-order valence-electron chi connectivity index (χ3n) is 5.61. The van der Waals surface area contributed by atoms with E-state index in [0.29, 0.717) is 38.2 Å². The molecule has 2 aliphatic rings. The van der Waals surface area contributed by atoms with Gasteiger partial charge in [0.1, 0.15) is 0 Å². The maximum Gasteiger partial charge on any atom is 0.250 e. The molecule has 1 fully saturated rings. The van der Waals surface area contributed by atoms with E-state index in [0.717, 1.165) is 22.4 Å². The highest BCUT2D eigenvalue weighted by atomic mass is 19.1. The normalized spacial score (nSPS) is 15.8. The number of ether oxygens (including phenoxy) is 1. The Balaban J connectivity index is 1.41. The van der Waals surface area contributed by atoms with Crippen molar-refractivity contribution in [3.63, 3.8) is 0 Å². The fourth-order valence-electron chi connectivity index (χ4n) is 3.91. The third-order valence-corrected chi connectivity index (χ3v) is 5.61. The van der Waals surface area contributed by atoms with Gasteiger partial charge in [-0.1, -0.05) is 12.1 Å². The predicted molar refractivity (Wildman–Crippen MR) is 110 cm³/mol. The Bertz CT molecular complexity index is 1010. The number of rotatable bonds is 4. The topological polar surface area (TPSA) is 49.9 Å². The summed E-state index contributed by atoms with van der Waals surface area (Å²) in [4.78, 5) is 28.5. The number of nitrogens with zero attached hydrogens (tertiary/aromatic N) is 2. The van der Waals surface area contributed by atoms with Crippen molar-refractivity contribution in [3.05, 3.63) is 64.5 Å². The molecule has 1 amide bonds. The van der Waals surface area contributed by atoms with Gasteiger partial charge in [0.05, 0.1) is 7.11 Å². The number of halogens is 1. The number of carbonyl (C=O) groups excluding carboxylic acids is 2. The molecular weight excluding hydrogens is 371 g/mol. The third kappa shape index (κ3) is 3.75. The van der Waals surface area contributed by atoms with E-state index in [4.69, 9.17) is 4.74 Å². The van der Waals surface area contributed by atoms with Crippen LogP contribution in [0.4, 0.5) is 10.1 Å². The largest absolute Gasteiger partial charge is 0.494 e. The highest BCUT2D eigenvalue weighted by molar-refractivity contribution is 6.01. The van der Waals surface area contributed by atoms with Gasteiger partial charge in [0, 0.05) is 55.5 Å². The standard InChI is InChI=1S/C23H23FN2O3/c1-15(27)16-3-4-17-12-19(13-18(17)11-16)23(28)26-9-7-25(8-10-26)20-5-6-22(29-2)21(24)14-20/h3-6,11,13-14H,7-10,12H2,1-2H3. The summed E-state index contributed by atoms with van der Waals surface area (Å²) >= 11 is 0. The SMILES string of the molecule is COc1ccc(N2CCN(C(=O)C3=Cc4cc(C(C)=O)ccc4C3)CC2)cc1F. The zero-order chi connectivity index (χ0) is 20.5. The summed E-state index contributed by atoms with van der Waals surface area (Å²) in [6.45, 7) is 4.00. The number of fused-ring (bicyclic) bond motifs is 1. The zero-order valence-electron chi connectivity index (χ0n) is 16.6. The van der Waals surface area contributed by atoms with Gasteiger partial charge in [-0.3, -0.25) is 9.59 Å². The summed E-state index contributed by atoms with van der Waals surface area (Å²) in [5.41, 5.74) is 4.23. The minimum atomic E-state index is -0.387. The lowest BCUT2D eigenvalue weighted by molar-refractivity contribution is -0.127. The first-order valence-corrected chi connectivity index (χ1v) is 9.68. The monoisotopic (exact) mass is 394 g/mol. The highest BCUT2D eigenvalue weighted by Crippen LogP contribution is 2.29. The molecule has 1 saturated heterocycles. The second-order valence-electron chi connectivity index (χ2n) is 7.41. The first-order chi connectivity index (χ1) is 14.0. The molecule has 0 aromatic heterocycles. The Morgan fingerprint density at radius 2 is 1.79 bits per heavy atom. The van der Waals surface area contributed by atoms with Gasteiger partial charge in [-0.05, 0) is 42.3 Å². The van der Waals surface area contributed by atoms with Crippen molar-refractivity contribution in [2.45, 2.75) is 13.3 Å². The van der Waals surface area contributed by atoms with Crippen molar-refractivity contribution >= 4 is 23.5 Å². The summed E-state index contributed by atoms with van der Waals surface area (Å²) in [7, 11) is 1.44. The van der Waals surface area contributed by atoms with Gasteiger partial charge in [-0.25, -0.2) is 4.39 Å². The minimum Gasteiger partial charge on any atom is -0.494 e. The van der Waals surface area contributed by atoms with Gasteiger partial charge in [0.2, 0.25) is 5.91 Å². The molecule has 1 aliphatic heterocycles. The Morgan fingerprint density at radius 1 is 1.03 bits per heavy atom. The molecule has 2 aromatic carbocycles. The first kappa shape index (κ1) is 19.2. The van der Waals surface area contributed by atoms with Gasteiger partial charge in [0.25, 0.3) is 0 Å². The number of Topliss-reactive ketones (excluding diaryl/α,β-unsaturated/α-hetero) is 1. The molecule has 6 heteroatoms. The number of amides is 1. The van der Waals surface area contributed by atoms with Crippen molar-refractivity contribution in [2.75, 3.05) is 38.2 Å². The number of hydrogen-bond donors (Lipinski definition) is 0. The molecule has 0 radical (unpaired) electrons. The fourth-order valence-corrected chi connectivity index (χ4v) is 3.91. The Morgan fingerprint density at radius 3 is 2.45 bits per heavy atom. The highest BCUT2D eigenvalue weighted by Gasteiger charge is 2.27. The molecule has 4 rings (SSSR count). The van der Waals surface area contributed by atoms with Crippen LogP contribution in [0.1, 0.15) is 28.4 Å². The van der Waals surface area contributed by atoms with Gasteiger partial charge in [-0.2, -0.15) is 0 Å². The lowest BCUT2D eigenvalue weighted by atomic mass is 10.0. The van der Waals surface area contributed by atoms with E-state index in [2.05, 4.69) is 4.90 Å². The van der Waals surface area contributed by atoms with E-state index >= 15 is 0 Å². The molecule has 5 nitrogen and oxygen atoms in total. The van der Waals surface area contributed by atoms with Crippen molar-refractivity contribution in [2.24, 2.45) is 0 Å². The molecule has 0 saturated carbocycles. The average molecular weight is 394 g/mol. The molecule has 1 heterocycles. The number of methoxy groups -OCH3 is 1. The Labute approximate surface area is 169 Å². The van der Waals surface area contributed by atoms with Gasteiger partial charge in [0.15, 0.2) is 17.3 Å². The summed E-state index contributed by atoms with van der Waals surface area (Å²) in [6.07, 6.45) is 2.49. The Hall–Kier alpha value is -3.15. The number of ketones is 1. The van der Waals surface area contributed by atoms with Crippen LogP contribution >= 0.6 is 0 Å². The lowest BCUT2D eigenvalue weighted by Crippen LogP contribution is -2.49. The molecule has 0 bridgehead atoms. The number of piperazine rings is 1. The second kappa shape index (κ2) is 7.70.